The van der Waals surface area contributed by atoms with Crippen LogP contribution in [0.4, 0.5) is 14.5 Å². The van der Waals surface area contributed by atoms with Crippen LogP contribution in [0.2, 0.25) is 0 Å². The van der Waals surface area contributed by atoms with E-state index in [4.69, 9.17) is 4.74 Å². The van der Waals surface area contributed by atoms with Gasteiger partial charge in [-0.1, -0.05) is 54.6 Å². The van der Waals surface area contributed by atoms with Gasteiger partial charge in [0.1, 0.15) is 11.6 Å². The highest BCUT2D eigenvalue weighted by atomic mass is 19.1. The second kappa shape index (κ2) is 10.4. The number of amides is 2. The predicted molar refractivity (Wildman–Crippen MR) is 120 cm³/mol. The Morgan fingerprint density at radius 1 is 0.909 bits per heavy atom. The maximum atomic E-state index is 13.5. The Balaban J connectivity index is 1.29. The van der Waals surface area contributed by atoms with Gasteiger partial charge in [0.05, 0.1) is 19.1 Å². The molecule has 1 fully saturated rings. The van der Waals surface area contributed by atoms with Gasteiger partial charge in [-0.15, -0.1) is 0 Å². The number of hydrogen-bond donors (Lipinski definition) is 1. The van der Waals surface area contributed by atoms with Gasteiger partial charge in [-0.25, -0.2) is 8.78 Å². The summed E-state index contributed by atoms with van der Waals surface area (Å²) >= 11 is 0. The van der Waals surface area contributed by atoms with Gasteiger partial charge in [0.15, 0.2) is 0 Å². The van der Waals surface area contributed by atoms with Gasteiger partial charge < -0.3 is 15.0 Å². The molecule has 1 N–H and O–H groups in total. The molecule has 0 aromatic heterocycles. The van der Waals surface area contributed by atoms with Crippen LogP contribution in [0, 0.1) is 17.6 Å². The average molecular weight is 450 g/mol. The zero-order valence-corrected chi connectivity index (χ0v) is 18.0. The lowest BCUT2D eigenvalue weighted by Crippen LogP contribution is -2.32. The molecule has 0 radical (unpaired) electrons. The molecule has 170 valence electrons. The third-order valence-electron chi connectivity index (χ3n) is 5.49. The highest BCUT2D eigenvalue weighted by Gasteiger charge is 2.35. The van der Waals surface area contributed by atoms with E-state index in [1.54, 1.807) is 0 Å². The fraction of sp³-hybridized carbons (Fsp3) is 0.231. The first-order valence-electron chi connectivity index (χ1n) is 10.7. The monoisotopic (exact) mass is 450 g/mol. The fourth-order valence-corrected chi connectivity index (χ4v) is 3.85. The zero-order valence-electron chi connectivity index (χ0n) is 18.0. The van der Waals surface area contributed by atoms with E-state index < -0.39 is 17.6 Å². The number of benzene rings is 3. The lowest BCUT2D eigenvalue weighted by atomic mass is 10.1. The Hall–Kier alpha value is -3.58. The zero-order chi connectivity index (χ0) is 23.2. The van der Waals surface area contributed by atoms with Gasteiger partial charge in [-0.3, -0.25) is 9.59 Å². The quantitative estimate of drug-likeness (QED) is 0.555. The number of rotatable bonds is 8. The minimum Gasteiger partial charge on any atom is -0.372 e. The molecule has 0 spiro atoms. The van der Waals surface area contributed by atoms with E-state index in [0.717, 1.165) is 34.9 Å². The Bertz CT molecular complexity index is 1120. The molecule has 7 heteroatoms. The molecular formula is C26H24F2N2O3. The summed E-state index contributed by atoms with van der Waals surface area (Å²) in [5.41, 5.74) is 3.13. The average Bonchev–Trinajstić information content (AvgIpc) is 3.20. The van der Waals surface area contributed by atoms with Gasteiger partial charge in [0.2, 0.25) is 11.8 Å². The maximum Gasteiger partial charge on any atom is 0.227 e. The number of anilines is 1. The second-order valence-corrected chi connectivity index (χ2v) is 8.05. The largest absolute Gasteiger partial charge is 0.372 e. The standard InChI is InChI=1S/C26H24F2N2O3/c27-22-11-23(28)13-24(12-22)30-15-21(10-25(30)31)26(32)29-14-19-7-4-8-20(9-19)17-33-16-18-5-2-1-3-6-18/h1-9,11-13,21H,10,14-17H2,(H,29,32). The van der Waals surface area contributed by atoms with E-state index in [2.05, 4.69) is 5.32 Å². The molecule has 1 atom stereocenters. The number of hydrogen-bond acceptors (Lipinski definition) is 3. The number of halogens is 2. The predicted octanol–water partition coefficient (Wildman–Crippen LogP) is 4.35. The molecule has 0 aliphatic carbocycles. The Morgan fingerprint density at radius 2 is 1.58 bits per heavy atom. The van der Waals surface area contributed by atoms with Crippen molar-refractivity contribution in [1.29, 1.82) is 0 Å². The second-order valence-electron chi connectivity index (χ2n) is 8.05. The van der Waals surface area contributed by atoms with Gasteiger partial charge >= 0.3 is 0 Å². The molecule has 3 aromatic carbocycles. The third kappa shape index (κ3) is 6.02. The van der Waals surface area contributed by atoms with Crippen molar-refractivity contribution in [3.8, 4) is 0 Å². The van der Waals surface area contributed by atoms with Crippen LogP contribution in [-0.4, -0.2) is 18.4 Å². The van der Waals surface area contributed by atoms with E-state index >= 15 is 0 Å². The van der Waals surface area contributed by atoms with Crippen molar-refractivity contribution in [2.75, 3.05) is 11.4 Å². The Labute approximate surface area is 191 Å². The fourth-order valence-electron chi connectivity index (χ4n) is 3.85. The van der Waals surface area contributed by atoms with E-state index in [-0.39, 0.29) is 30.5 Å². The van der Waals surface area contributed by atoms with Crippen molar-refractivity contribution < 1.29 is 23.1 Å². The molecule has 1 heterocycles. The molecule has 4 rings (SSSR count). The van der Waals surface area contributed by atoms with Crippen LogP contribution in [0.1, 0.15) is 23.1 Å². The molecule has 1 aliphatic heterocycles. The first kappa shape index (κ1) is 22.6. The topological polar surface area (TPSA) is 58.6 Å². The number of ether oxygens (including phenoxy) is 1. The van der Waals surface area contributed by atoms with E-state index in [0.29, 0.717) is 19.8 Å². The summed E-state index contributed by atoms with van der Waals surface area (Å²) in [7, 11) is 0. The number of nitrogens with one attached hydrogen (secondary N) is 1. The van der Waals surface area contributed by atoms with Crippen LogP contribution >= 0.6 is 0 Å². The molecule has 3 aromatic rings. The highest BCUT2D eigenvalue weighted by Crippen LogP contribution is 2.26. The summed E-state index contributed by atoms with van der Waals surface area (Å²) in [6.07, 6.45) is -0.00265. The van der Waals surface area contributed by atoms with Crippen molar-refractivity contribution in [3.05, 3.63) is 101 Å². The van der Waals surface area contributed by atoms with Crippen LogP contribution in [0.15, 0.2) is 72.8 Å². The first-order chi connectivity index (χ1) is 16.0. The SMILES string of the molecule is O=C(NCc1cccc(COCc2ccccc2)c1)C1CC(=O)N(c2cc(F)cc(F)c2)C1. The normalized spacial score (nSPS) is 15.6. The van der Waals surface area contributed by atoms with Crippen LogP contribution in [0.5, 0.6) is 0 Å². The molecule has 0 saturated carbocycles. The third-order valence-corrected chi connectivity index (χ3v) is 5.49. The molecule has 0 bridgehead atoms. The highest BCUT2D eigenvalue weighted by molar-refractivity contribution is 6.00. The van der Waals surface area contributed by atoms with E-state index in [1.165, 1.54) is 4.90 Å². The van der Waals surface area contributed by atoms with E-state index in [1.807, 2.05) is 54.6 Å². The molecular weight excluding hydrogens is 426 g/mol. The summed E-state index contributed by atoms with van der Waals surface area (Å²) in [4.78, 5) is 26.2. The first-order valence-corrected chi connectivity index (χ1v) is 10.7. The number of carbonyl (C=O) groups is 2. The van der Waals surface area contributed by atoms with Crippen LogP contribution < -0.4 is 10.2 Å². The summed E-state index contributed by atoms with van der Waals surface area (Å²) in [5.74, 6) is -2.72. The number of carbonyl (C=O) groups excluding carboxylic acids is 2. The summed E-state index contributed by atoms with van der Waals surface area (Å²) < 4.78 is 32.8. The minimum absolute atomic E-state index is 0.00265. The van der Waals surface area contributed by atoms with Crippen LogP contribution in [0.25, 0.3) is 0 Å². The van der Waals surface area contributed by atoms with Gasteiger partial charge in [-0.2, -0.15) is 0 Å². The summed E-state index contributed by atoms with van der Waals surface area (Å²) in [6, 6.07) is 20.6. The van der Waals surface area contributed by atoms with Crippen molar-refractivity contribution in [1.82, 2.24) is 5.32 Å². The maximum absolute atomic E-state index is 13.5. The molecule has 1 unspecified atom stereocenters. The van der Waals surface area contributed by atoms with Crippen molar-refractivity contribution in [2.24, 2.45) is 5.92 Å². The van der Waals surface area contributed by atoms with Gasteiger partial charge in [0.25, 0.3) is 0 Å². The minimum atomic E-state index is -0.765. The van der Waals surface area contributed by atoms with Gasteiger partial charge in [-0.05, 0) is 28.8 Å². The lowest BCUT2D eigenvalue weighted by molar-refractivity contribution is -0.126. The van der Waals surface area contributed by atoms with Crippen molar-refractivity contribution in [2.45, 2.75) is 26.2 Å². The van der Waals surface area contributed by atoms with Crippen molar-refractivity contribution >= 4 is 17.5 Å². The van der Waals surface area contributed by atoms with Crippen LogP contribution in [0.3, 0.4) is 0 Å². The molecule has 1 aliphatic rings. The molecule has 5 nitrogen and oxygen atoms in total. The smallest absolute Gasteiger partial charge is 0.227 e. The van der Waals surface area contributed by atoms with E-state index in [9.17, 15) is 18.4 Å². The summed E-state index contributed by atoms with van der Waals surface area (Å²) in [5, 5.41) is 2.86. The molecule has 1 saturated heterocycles. The Kier molecular flexibility index (Phi) is 7.10. The van der Waals surface area contributed by atoms with Gasteiger partial charge in [0, 0.05) is 31.3 Å². The number of nitrogens with zero attached hydrogens (tertiary/aromatic N) is 1. The van der Waals surface area contributed by atoms with Crippen molar-refractivity contribution in [3.63, 3.8) is 0 Å². The summed E-state index contributed by atoms with van der Waals surface area (Å²) in [6.45, 7) is 1.36. The lowest BCUT2D eigenvalue weighted by Gasteiger charge is -2.17. The molecule has 33 heavy (non-hydrogen) atoms. The van der Waals surface area contributed by atoms with Crippen LogP contribution in [-0.2, 0) is 34.1 Å². The molecule has 2 amide bonds. The Morgan fingerprint density at radius 3 is 2.33 bits per heavy atom.